The van der Waals surface area contributed by atoms with Gasteiger partial charge in [-0.2, -0.15) is 0 Å². The zero-order valence-corrected chi connectivity index (χ0v) is 21.3. The van der Waals surface area contributed by atoms with Gasteiger partial charge in [0.1, 0.15) is 5.75 Å². The highest BCUT2D eigenvalue weighted by Gasteiger charge is 2.34. The fourth-order valence-corrected chi connectivity index (χ4v) is 5.18. The third-order valence-electron chi connectivity index (χ3n) is 5.61. The number of carbonyl (C=O) groups is 1. The van der Waals surface area contributed by atoms with Crippen molar-refractivity contribution in [3.63, 3.8) is 0 Å². The van der Waals surface area contributed by atoms with Crippen LogP contribution in [0.4, 0.5) is 5.69 Å². The molecule has 0 spiro atoms. The number of halogens is 1. The topological polar surface area (TPSA) is 153 Å². The molecule has 2 aromatic carbocycles. The number of rotatable bonds is 6. The van der Waals surface area contributed by atoms with E-state index < -0.39 is 22.5 Å². The molecule has 4 rings (SSSR count). The quantitative estimate of drug-likeness (QED) is 0.272. The van der Waals surface area contributed by atoms with E-state index in [-0.39, 0.29) is 55.0 Å². The van der Waals surface area contributed by atoms with Crippen LogP contribution in [0.25, 0.3) is 6.08 Å². The van der Waals surface area contributed by atoms with E-state index in [4.69, 9.17) is 21.1 Å². The molecular weight excluding hydrogens is 526 g/mol. The minimum Gasteiger partial charge on any atom is -0.507 e. The maximum absolute atomic E-state index is 13.6. The average molecular weight is 546 g/mol. The van der Waals surface area contributed by atoms with Crippen LogP contribution in [0, 0.1) is 10.1 Å². The number of methoxy groups -OCH3 is 1. The van der Waals surface area contributed by atoms with Crippen LogP contribution in [0.1, 0.15) is 31.0 Å². The molecule has 1 aliphatic rings. The standard InChI is InChI=1S/C24H20ClN3O8S/c1-4-36-23(32)19-11(2)26-24-27(20(19)13-8-15(25)21(30)17(9-13)35-3)22(31)18(37-24)10-12-7-14(28(33)34)5-6-16(12)29/h5-10,20,29-30H,4H2,1-3H3. The Bertz CT molecular complexity index is 1660. The molecule has 37 heavy (non-hydrogen) atoms. The minimum atomic E-state index is -1.04. The number of hydrogen-bond donors (Lipinski definition) is 2. The first-order valence-electron chi connectivity index (χ1n) is 10.8. The summed E-state index contributed by atoms with van der Waals surface area (Å²) in [7, 11) is 1.33. The number of phenolic OH excluding ortho intramolecular Hbond substituents is 2. The Labute approximate surface area is 218 Å². The highest BCUT2D eigenvalue weighted by Crippen LogP contribution is 2.40. The number of nitro benzene ring substituents is 1. The van der Waals surface area contributed by atoms with E-state index in [0.29, 0.717) is 11.3 Å². The molecule has 0 aliphatic carbocycles. The summed E-state index contributed by atoms with van der Waals surface area (Å²) in [5.41, 5.74) is -0.0342. The number of ether oxygens (including phenoxy) is 2. The van der Waals surface area contributed by atoms with Gasteiger partial charge in [0.2, 0.25) is 0 Å². The Kier molecular flexibility index (Phi) is 7.05. The van der Waals surface area contributed by atoms with Gasteiger partial charge in [0, 0.05) is 17.7 Å². The first-order chi connectivity index (χ1) is 17.6. The van der Waals surface area contributed by atoms with E-state index in [1.165, 1.54) is 29.9 Å². The average Bonchev–Trinajstić information content (AvgIpc) is 3.15. The number of thiazole rings is 1. The Morgan fingerprint density at radius 1 is 1.32 bits per heavy atom. The van der Waals surface area contributed by atoms with Crippen LogP contribution in [-0.4, -0.2) is 39.4 Å². The molecule has 1 unspecified atom stereocenters. The lowest BCUT2D eigenvalue weighted by molar-refractivity contribution is -0.384. The molecule has 1 aromatic heterocycles. The van der Waals surface area contributed by atoms with Gasteiger partial charge >= 0.3 is 5.97 Å². The molecule has 3 aromatic rings. The molecule has 0 saturated heterocycles. The number of fused-ring (bicyclic) bond motifs is 1. The van der Waals surface area contributed by atoms with Crippen molar-refractivity contribution in [3.8, 4) is 17.2 Å². The van der Waals surface area contributed by atoms with Crippen molar-refractivity contribution >= 4 is 40.7 Å². The molecule has 11 nitrogen and oxygen atoms in total. The first kappa shape index (κ1) is 25.9. The molecule has 0 saturated carbocycles. The summed E-state index contributed by atoms with van der Waals surface area (Å²) < 4.78 is 11.8. The van der Waals surface area contributed by atoms with Gasteiger partial charge in [0.15, 0.2) is 16.3 Å². The van der Waals surface area contributed by atoms with Crippen LogP contribution in [0.15, 0.2) is 51.4 Å². The Morgan fingerprint density at radius 3 is 2.70 bits per heavy atom. The zero-order valence-electron chi connectivity index (χ0n) is 19.7. The van der Waals surface area contributed by atoms with Crippen molar-refractivity contribution in [2.45, 2.75) is 19.9 Å². The molecule has 0 bridgehead atoms. The largest absolute Gasteiger partial charge is 0.507 e. The second kappa shape index (κ2) is 10.1. The zero-order chi connectivity index (χ0) is 27.0. The van der Waals surface area contributed by atoms with E-state index in [9.17, 15) is 29.9 Å². The fourth-order valence-electron chi connectivity index (χ4n) is 3.93. The van der Waals surface area contributed by atoms with Crippen molar-refractivity contribution in [1.29, 1.82) is 0 Å². The summed E-state index contributed by atoms with van der Waals surface area (Å²) in [5, 5.41) is 31.6. The predicted octanol–water partition coefficient (Wildman–Crippen LogP) is 2.78. The van der Waals surface area contributed by atoms with Gasteiger partial charge in [-0.1, -0.05) is 22.9 Å². The highest BCUT2D eigenvalue weighted by atomic mass is 35.5. The number of non-ortho nitro benzene ring substituents is 1. The van der Waals surface area contributed by atoms with Crippen molar-refractivity contribution in [2.75, 3.05) is 13.7 Å². The Balaban J connectivity index is 2.01. The van der Waals surface area contributed by atoms with Crippen molar-refractivity contribution in [3.05, 3.63) is 87.6 Å². The van der Waals surface area contributed by atoms with Crippen LogP contribution >= 0.6 is 22.9 Å². The molecule has 192 valence electrons. The number of nitro groups is 1. The summed E-state index contributed by atoms with van der Waals surface area (Å²) in [5.74, 6) is -1.22. The van der Waals surface area contributed by atoms with Crippen LogP contribution < -0.4 is 19.6 Å². The van der Waals surface area contributed by atoms with Gasteiger partial charge in [0.25, 0.3) is 11.2 Å². The summed E-state index contributed by atoms with van der Waals surface area (Å²) in [6, 6.07) is 5.27. The van der Waals surface area contributed by atoms with Crippen molar-refractivity contribution in [2.24, 2.45) is 4.99 Å². The number of aromatic nitrogens is 1. The van der Waals surface area contributed by atoms with Gasteiger partial charge in [-0.05, 0) is 43.7 Å². The van der Waals surface area contributed by atoms with Gasteiger partial charge in [0.05, 0.1) is 45.5 Å². The fraction of sp³-hybridized carbons (Fsp3) is 0.208. The van der Waals surface area contributed by atoms with Gasteiger partial charge in [-0.25, -0.2) is 9.79 Å². The number of allylic oxidation sites excluding steroid dienone is 1. The third-order valence-corrected chi connectivity index (χ3v) is 6.88. The number of carbonyl (C=O) groups excluding carboxylic acids is 1. The van der Waals surface area contributed by atoms with Crippen LogP contribution in [0.5, 0.6) is 17.2 Å². The van der Waals surface area contributed by atoms with Crippen LogP contribution in [0.2, 0.25) is 5.02 Å². The SMILES string of the molecule is CCOC(=O)C1=C(C)N=c2sc(=Cc3cc([N+](=O)[O-])ccc3O)c(=O)n2C1c1cc(Cl)c(O)c(OC)c1. The lowest BCUT2D eigenvalue weighted by Gasteiger charge is -2.25. The molecule has 2 N–H and O–H groups in total. The lowest BCUT2D eigenvalue weighted by Crippen LogP contribution is -2.40. The molecular formula is C24H20ClN3O8S. The monoisotopic (exact) mass is 545 g/mol. The van der Waals surface area contributed by atoms with E-state index >= 15 is 0 Å². The van der Waals surface area contributed by atoms with Crippen molar-refractivity contribution < 1.29 is 29.4 Å². The Morgan fingerprint density at radius 2 is 2.05 bits per heavy atom. The van der Waals surface area contributed by atoms with Crippen molar-refractivity contribution in [1.82, 2.24) is 4.57 Å². The van der Waals surface area contributed by atoms with E-state index in [1.54, 1.807) is 13.8 Å². The Hall–Kier alpha value is -4.16. The third kappa shape index (κ3) is 4.68. The van der Waals surface area contributed by atoms with Gasteiger partial charge < -0.3 is 19.7 Å². The van der Waals surface area contributed by atoms with E-state index in [0.717, 1.165) is 29.5 Å². The molecule has 13 heteroatoms. The second-order valence-electron chi connectivity index (χ2n) is 7.86. The summed E-state index contributed by atoms with van der Waals surface area (Å²) in [6.07, 6.45) is 1.32. The number of benzene rings is 2. The maximum atomic E-state index is 13.6. The highest BCUT2D eigenvalue weighted by molar-refractivity contribution is 7.07. The number of phenols is 2. The number of hydrogen-bond acceptors (Lipinski definition) is 10. The summed E-state index contributed by atoms with van der Waals surface area (Å²) >= 11 is 7.19. The molecule has 0 radical (unpaired) electrons. The van der Waals surface area contributed by atoms with E-state index in [1.807, 2.05) is 0 Å². The van der Waals surface area contributed by atoms with Crippen LogP contribution in [-0.2, 0) is 9.53 Å². The molecule has 2 heterocycles. The molecule has 1 aliphatic heterocycles. The molecule has 0 fully saturated rings. The predicted molar refractivity (Wildman–Crippen MR) is 135 cm³/mol. The molecule has 1 atom stereocenters. The maximum Gasteiger partial charge on any atom is 0.338 e. The second-order valence-corrected chi connectivity index (χ2v) is 9.27. The summed E-state index contributed by atoms with van der Waals surface area (Å²) in [6.45, 7) is 3.32. The first-order valence-corrected chi connectivity index (χ1v) is 12.0. The van der Waals surface area contributed by atoms with Crippen LogP contribution in [0.3, 0.4) is 0 Å². The van der Waals surface area contributed by atoms with Gasteiger partial charge in [-0.15, -0.1) is 0 Å². The minimum absolute atomic E-state index is 0.0315. The van der Waals surface area contributed by atoms with E-state index in [2.05, 4.69) is 4.99 Å². The summed E-state index contributed by atoms with van der Waals surface area (Å²) in [4.78, 5) is 41.9. The smallest absolute Gasteiger partial charge is 0.338 e. The molecule has 0 amide bonds. The van der Waals surface area contributed by atoms with Gasteiger partial charge in [-0.3, -0.25) is 19.5 Å². The lowest BCUT2D eigenvalue weighted by atomic mass is 9.95. The number of esters is 1. The normalized spacial score (nSPS) is 15.2. The number of aromatic hydroxyl groups is 2. The number of nitrogens with zero attached hydrogens (tertiary/aromatic N) is 3.